The Morgan fingerprint density at radius 2 is 2.20 bits per heavy atom. The van der Waals surface area contributed by atoms with E-state index < -0.39 is 0 Å². The first kappa shape index (κ1) is 17.9. The molecule has 6 nitrogen and oxygen atoms in total. The Bertz CT molecular complexity index is 701. The van der Waals surface area contributed by atoms with Gasteiger partial charge in [0.25, 0.3) is 0 Å². The van der Waals surface area contributed by atoms with Gasteiger partial charge in [0.2, 0.25) is 17.6 Å². The summed E-state index contributed by atoms with van der Waals surface area (Å²) in [4.78, 5) is 16.5. The van der Waals surface area contributed by atoms with Crippen molar-refractivity contribution in [1.82, 2.24) is 20.8 Å². The zero-order valence-corrected chi connectivity index (χ0v) is 15.1. The molecule has 3 rings (SSSR count). The Balaban J connectivity index is 1.44. The smallest absolute Gasteiger partial charge is 0.226 e. The molecule has 2 N–H and O–H groups in total. The number of aryl methyl sites for hydroxylation is 1. The Morgan fingerprint density at radius 3 is 2.96 bits per heavy atom. The van der Waals surface area contributed by atoms with Crippen molar-refractivity contribution in [3.05, 3.63) is 35.2 Å². The number of piperidine rings is 1. The fourth-order valence-corrected chi connectivity index (χ4v) is 3.11. The van der Waals surface area contributed by atoms with E-state index in [0.29, 0.717) is 41.9 Å². The summed E-state index contributed by atoms with van der Waals surface area (Å²) in [6.07, 6.45) is 2.74. The lowest BCUT2D eigenvalue weighted by Crippen LogP contribution is -2.48. The Hall–Kier alpha value is -1.92. The predicted octanol–water partition coefficient (Wildman–Crippen LogP) is 2.83. The maximum atomic E-state index is 12.1. The number of carbonyl (C=O) groups excluding carboxylic acids is 1. The molecular formula is C18H23ClN4O2. The minimum Gasteiger partial charge on any atom is -0.353 e. The summed E-state index contributed by atoms with van der Waals surface area (Å²) in [6.45, 7) is 4.08. The number of hydrogen-bond acceptors (Lipinski definition) is 5. The Morgan fingerprint density at radius 1 is 1.40 bits per heavy atom. The highest BCUT2D eigenvalue weighted by molar-refractivity contribution is 6.30. The third-order valence-electron chi connectivity index (χ3n) is 4.50. The summed E-state index contributed by atoms with van der Waals surface area (Å²) in [6, 6.07) is 7.56. The van der Waals surface area contributed by atoms with Crippen LogP contribution in [0.4, 0.5) is 0 Å². The molecule has 2 heterocycles. The summed E-state index contributed by atoms with van der Waals surface area (Å²) in [5.41, 5.74) is 0.858. The van der Waals surface area contributed by atoms with Crippen molar-refractivity contribution < 1.29 is 9.32 Å². The lowest BCUT2D eigenvalue weighted by molar-refractivity contribution is -0.122. The molecule has 0 aliphatic carbocycles. The van der Waals surface area contributed by atoms with Gasteiger partial charge in [-0.15, -0.1) is 0 Å². The normalized spacial score (nSPS) is 20.4. The summed E-state index contributed by atoms with van der Waals surface area (Å²) in [5.74, 6) is 1.65. The number of rotatable bonds is 6. The molecule has 1 amide bonds. The highest BCUT2D eigenvalue weighted by atomic mass is 35.5. The first-order valence-electron chi connectivity index (χ1n) is 8.70. The van der Waals surface area contributed by atoms with Crippen molar-refractivity contribution in [1.29, 1.82) is 0 Å². The first-order chi connectivity index (χ1) is 12.1. The van der Waals surface area contributed by atoms with Crippen LogP contribution in [0, 0.1) is 5.92 Å². The van der Waals surface area contributed by atoms with E-state index in [2.05, 4.69) is 27.7 Å². The summed E-state index contributed by atoms with van der Waals surface area (Å²) in [5, 5.41) is 11.1. The molecule has 2 aromatic rings. The SMILES string of the molecule is CC1CNCCC1NC(=O)CCCc1nc(-c2ccc(Cl)cc2)no1. The van der Waals surface area contributed by atoms with Gasteiger partial charge in [0.1, 0.15) is 0 Å². The van der Waals surface area contributed by atoms with Gasteiger partial charge in [-0.25, -0.2) is 0 Å². The maximum Gasteiger partial charge on any atom is 0.226 e. The van der Waals surface area contributed by atoms with Crippen molar-refractivity contribution in [2.45, 2.75) is 38.6 Å². The van der Waals surface area contributed by atoms with Gasteiger partial charge in [-0.3, -0.25) is 4.79 Å². The van der Waals surface area contributed by atoms with Gasteiger partial charge >= 0.3 is 0 Å². The van der Waals surface area contributed by atoms with E-state index in [1.807, 2.05) is 12.1 Å². The average Bonchev–Trinajstić information content (AvgIpc) is 3.06. The number of carbonyl (C=O) groups is 1. The van der Waals surface area contributed by atoms with E-state index in [0.717, 1.165) is 25.1 Å². The molecule has 25 heavy (non-hydrogen) atoms. The molecular weight excluding hydrogens is 340 g/mol. The molecule has 134 valence electrons. The Kier molecular flexibility index (Phi) is 6.04. The first-order valence-corrected chi connectivity index (χ1v) is 9.08. The monoisotopic (exact) mass is 362 g/mol. The van der Waals surface area contributed by atoms with Crippen molar-refractivity contribution in [2.75, 3.05) is 13.1 Å². The standard InChI is InChI=1S/C18H23ClN4O2/c1-12-11-20-10-9-15(12)21-16(24)3-2-4-17-22-18(23-25-17)13-5-7-14(19)8-6-13/h5-8,12,15,20H,2-4,9-11H2,1H3,(H,21,24). The van der Waals surface area contributed by atoms with Crippen LogP contribution in [0.25, 0.3) is 11.4 Å². The molecule has 0 saturated carbocycles. The molecule has 0 radical (unpaired) electrons. The predicted molar refractivity (Wildman–Crippen MR) is 96.3 cm³/mol. The van der Waals surface area contributed by atoms with Gasteiger partial charge in [-0.2, -0.15) is 4.98 Å². The molecule has 1 aliphatic rings. The number of hydrogen-bond donors (Lipinski definition) is 2. The topological polar surface area (TPSA) is 80.0 Å². The largest absolute Gasteiger partial charge is 0.353 e. The third-order valence-corrected chi connectivity index (χ3v) is 4.75. The number of nitrogens with one attached hydrogen (secondary N) is 2. The van der Waals surface area contributed by atoms with Crippen LogP contribution in [0.5, 0.6) is 0 Å². The van der Waals surface area contributed by atoms with Crippen LogP contribution in [0.1, 0.15) is 32.1 Å². The minimum atomic E-state index is 0.0937. The second-order valence-electron chi connectivity index (χ2n) is 6.52. The Labute approximate surface area is 152 Å². The van der Waals surface area contributed by atoms with Crippen LogP contribution >= 0.6 is 11.6 Å². The molecule has 1 aromatic heterocycles. The zero-order chi connectivity index (χ0) is 17.6. The van der Waals surface area contributed by atoms with Crippen LogP contribution in [0.3, 0.4) is 0 Å². The van der Waals surface area contributed by atoms with Gasteiger partial charge in [-0.1, -0.05) is 23.7 Å². The molecule has 1 saturated heterocycles. The van der Waals surface area contributed by atoms with E-state index in [1.165, 1.54) is 0 Å². The van der Waals surface area contributed by atoms with Crippen LogP contribution in [-0.2, 0) is 11.2 Å². The molecule has 2 unspecified atom stereocenters. The van der Waals surface area contributed by atoms with Crippen molar-refractivity contribution in [3.63, 3.8) is 0 Å². The highest BCUT2D eigenvalue weighted by Gasteiger charge is 2.22. The lowest BCUT2D eigenvalue weighted by atomic mass is 9.95. The second kappa shape index (κ2) is 8.45. The molecule has 0 spiro atoms. The van der Waals surface area contributed by atoms with E-state index >= 15 is 0 Å². The van der Waals surface area contributed by atoms with Crippen LogP contribution in [-0.4, -0.2) is 35.2 Å². The van der Waals surface area contributed by atoms with Gasteiger partial charge in [0, 0.05) is 29.5 Å². The number of benzene rings is 1. The van der Waals surface area contributed by atoms with Crippen LogP contribution in [0.15, 0.2) is 28.8 Å². The average molecular weight is 363 g/mol. The fourth-order valence-electron chi connectivity index (χ4n) is 2.98. The van der Waals surface area contributed by atoms with Crippen molar-refractivity contribution >= 4 is 17.5 Å². The number of nitrogens with zero attached hydrogens (tertiary/aromatic N) is 2. The van der Waals surface area contributed by atoms with Gasteiger partial charge in [0.05, 0.1) is 0 Å². The van der Waals surface area contributed by atoms with E-state index in [4.69, 9.17) is 16.1 Å². The summed E-state index contributed by atoms with van der Waals surface area (Å²) >= 11 is 5.88. The summed E-state index contributed by atoms with van der Waals surface area (Å²) in [7, 11) is 0. The molecule has 1 aromatic carbocycles. The minimum absolute atomic E-state index is 0.0937. The molecule has 1 fully saturated rings. The lowest BCUT2D eigenvalue weighted by Gasteiger charge is -2.30. The molecule has 0 bridgehead atoms. The van der Waals surface area contributed by atoms with Crippen molar-refractivity contribution in [2.24, 2.45) is 5.92 Å². The van der Waals surface area contributed by atoms with E-state index in [1.54, 1.807) is 12.1 Å². The molecule has 1 aliphatic heterocycles. The molecule has 2 atom stereocenters. The van der Waals surface area contributed by atoms with E-state index in [-0.39, 0.29) is 11.9 Å². The van der Waals surface area contributed by atoms with E-state index in [9.17, 15) is 4.79 Å². The summed E-state index contributed by atoms with van der Waals surface area (Å²) < 4.78 is 5.26. The zero-order valence-electron chi connectivity index (χ0n) is 14.3. The van der Waals surface area contributed by atoms with Crippen LogP contribution in [0.2, 0.25) is 5.02 Å². The number of halogens is 1. The maximum absolute atomic E-state index is 12.1. The van der Waals surface area contributed by atoms with Gasteiger partial charge in [-0.05, 0) is 56.1 Å². The quantitative estimate of drug-likeness (QED) is 0.826. The highest BCUT2D eigenvalue weighted by Crippen LogP contribution is 2.19. The van der Waals surface area contributed by atoms with Crippen LogP contribution < -0.4 is 10.6 Å². The molecule has 7 heteroatoms. The fraction of sp³-hybridized carbons (Fsp3) is 0.500. The third kappa shape index (κ3) is 5.03. The number of aromatic nitrogens is 2. The second-order valence-corrected chi connectivity index (χ2v) is 6.95. The number of amides is 1. The van der Waals surface area contributed by atoms with Gasteiger partial charge < -0.3 is 15.2 Å². The van der Waals surface area contributed by atoms with Gasteiger partial charge in [0.15, 0.2) is 0 Å². The van der Waals surface area contributed by atoms with Crippen molar-refractivity contribution in [3.8, 4) is 11.4 Å².